The lowest BCUT2D eigenvalue weighted by atomic mass is 10.0. The molecule has 1 heterocycles. The minimum atomic E-state index is -0.540. The summed E-state index contributed by atoms with van der Waals surface area (Å²) < 4.78 is 5.57. The molecule has 0 amide bonds. The van der Waals surface area contributed by atoms with Crippen LogP contribution in [0.1, 0.15) is 31.4 Å². The molecule has 0 saturated carbocycles. The number of hydrogen-bond donors (Lipinski definition) is 1. The molecule has 2 aromatic rings. The standard InChI is InChI=1S/C23H30N2O3/c1-18(2)27-17-21(26)15-25(14-19-9-5-3-6-10-19)16-22-13-23(24-28-22)20-11-7-4-8-12-20/h3-12,18,21-22,26H,13-17H2,1-2H3/t21-,22-/m1/s1. The summed E-state index contributed by atoms with van der Waals surface area (Å²) in [6.45, 7) is 6.27. The Morgan fingerprint density at radius 3 is 2.46 bits per heavy atom. The van der Waals surface area contributed by atoms with Gasteiger partial charge in [-0.15, -0.1) is 0 Å². The second-order valence-corrected chi connectivity index (χ2v) is 7.55. The van der Waals surface area contributed by atoms with Crippen molar-refractivity contribution in [3.63, 3.8) is 0 Å². The van der Waals surface area contributed by atoms with Crippen LogP contribution in [0.3, 0.4) is 0 Å². The van der Waals surface area contributed by atoms with E-state index in [0.717, 1.165) is 24.2 Å². The van der Waals surface area contributed by atoms with Gasteiger partial charge >= 0.3 is 0 Å². The fourth-order valence-electron chi connectivity index (χ4n) is 3.31. The predicted octanol–water partition coefficient (Wildman–Crippen LogP) is 3.47. The predicted molar refractivity (Wildman–Crippen MR) is 111 cm³/mol. The third-order valence-corrected chi connectivity index (χ3v) is 4.64. The van der Waals surface area contributed by atoms with Gasteiger partial charge in [-0.3, -0.25) is 4.90 Å². The number of ether oxygens (including phenoxy) is 1. The Labute approximate surface area is 167 Å². The van der Waals surface area contributed by atoms with Crippen LogP contribution in [0.4, 0.5) is 0 Å². The first-order valence-corrected chi connectivity index (χ1v) is 9.94. The van der Waals surface area contributed by atoms with E-state index in [9.17, 15) is 5.11 Å². The first-order valence-electron chi connectivity index (χ1n) is 9.94. The van der Waals surface area contributed by atoms with Crippen LogP contribution >= 0.6 is 0 Å². The number of benzene rings is 2. The van der Waals surface area contributed by atoms with Crippen molar-refractivity contribution in [1.29, 1.82) is 0 Å². The molecule has 1 N–H and O–H groups in total. The molecule has 0 saturated heterocycles. The summed E-state index contributed by atoms with van der Waals surface area (Å²) in [5.41, 5.74) is 3.29. The topological polar surface area (TPSA) is 54.3 Å². The summed E-state index contributed by atoms with van der Waals surface area (Å²) in [5, 5.41) is 14.7. The van der Waals surface area contributed by atoms with Crippen molar-refractivity contribution in [3.8, 4) is 0 Å². The van der Waals surface area contributed by atoms with Crippen LogP contribution < -0.4 is 0 Å². The molecule has 3 rings (SSSR count). The van der Waals surface area contributed by atoms with Crippen LogP contribution in [0.5, 0.6) is 0 Å². The highest BCUT2D eigenvalue weighted by Crippen LogP contribution is 2.18. The van der Waals surface area contributed by atoms with Gasteiger partial charge in [-0.25, -0.2) is 0 Å². The zero-order valence-electron chi connectivity index (χ0n) is 16.7. The Morgan fingerprint density at radius 1 is 1.11 bits per heavy atom. The maximum absolute atomic E-state index is 10.4. The van der Waals surface area contributed by atoms with Gasteiger partial charge in [0.1, 0.15) is 6.10 Å². The minimum Gasteiger partial charge on any atom is -0.390 e. The quantitative estimate of drug-likeness (QED) is 0.684. The lowest BCUT2D eigenvalue weighted by Gasteiger charge is -2.27. The lowest BCUT2D eigenvalue weighted by Crippen LogP contribution is -2.39. The zero-order chi connectivity index (χ0) is 19.8. The van der Waals surface area contributed by atoms with Gasteiger partial charge in [0.25, 0.3) is 0 Å². The maximum Gasteiger partial charge on any atom is 0.145 e. The number of aliphatic hydroxyl groups is 1. The maximum atomic E-state index is 10.4. The van der Waals surface area contributed by atoms with E-state index in [1.165, 1.54) is 5.56 Å². The Morgan fingerprint density at radius 2 is 1.79 bits per heavy atom. The van der Waals surface area contributed by atoms with Gasteiger partial charge in [-0.05, 0) is 25.0 Å². The number of aliphatic hydroxyl groups excluding tert-OH is 1. The molecule has 150 valence electrons. The van der Waals surface area contributed by atoms with E-state index < -0.39 is 6.10 Å². The number of oxime groups is 1. The molecule has 28 heavy (non-hydrogen) atoms. The Hall–Kier alpha value is -2.21. The highest BCUT2D eigenvalue weighted by Gasteiger charge is 2.25. The monoisotopic (exact) mass is 382 g/mol. The SMILES string of the molecule is CC(C)OC[C@H](O)CN(Cc1ccccc1)C[C@H]1CC(c2ccccc2)=NO1. The molecular weight excluding hydrogens is 352 g/mol. The van der Waals surface area contributed by atoms with Gasteiger partial charge < -0.3 is 14.7 Å². The fraction of sp³-hybridized carbons (Fsp3) is 0.435. The van der Waals surface area contributed by atoms with Crippen LogP contribution in [0, 0.1) is 0 Å². The molecular formula is C23H30N2O3. The molecule has 0 aliphatic carbocycles. The lowest BCUT2D eigenvalue weighted by molar-refractivity contribution is -0.0194. The second kappa shape index (κ2) is 10.4. The van der Waals surface area contributed by atoms with Gasteiger partial charge in [-0.2, -0.15) is 0 Å². The van der Waals surface area contributed by atoms with Crippen LogP contribution in [-0.2, 0) is 16.1 Å². The summed E-state index contributed by atoms with van der Waals surface area (Å²) in [6.07, 6.45) is 0.324. The average molecular weight is 383 g/mol. The van der Waals surface area contributed by atoms with E-state index in [-0.39, 0.29) is 12.2 Å². The zero-order valence-corrected chi connectivity index (χ0v) is 16.7. The molecule has 0 bridgehead atoms. The molecule has 1 aliphatic heterocycles. The van der Waals surface area contributed by atoms with Crippen molar-refractivity contribution in [1.82, 2.24) is 4.90 Å². The highest BCUT2D eigenvalue weighted by molar-refractivity contribution is 6.01. The number of hydrogen-bond acceptors (Lipinski definition) is 5. The largest absolute Gasteiger partial charge is 0.390 e. The first kappa shape index (κ1) is 20.5. The molecule has 0 fully saturated rings. The second-order valence-electron chi connectivity index (χ2n) is 7.55. The van der Waals surface area contributed by atoms with Gasteiger partial charge in [0.15, 0.2) is 0 Å². The molecule has 5 heteroatoms. The van der Waals surface area contributed by atoms with E-state index in [0.29, 0.717) is 19.7 Å². The molecule has 1 aliphatic rings. The van der Waals surface area contributed by atoms with Crippen molar-refractivity contribution in [2.75, 3.05) is 19.7 Å². The van der Waals surface area contributed by atoms with E-state index >= 15 is 0 Å². The molecule has 0 aromatic heterocycles. The Kier molecular flexibility index (Phi) is 7.60. The molecule has 0 unspecified atom stereocenters. The van der Waals surface area contributed by atoms with E-state index in [4.69, 9.17) is 9.57 Å². The van der Waals surface area contributed by atoms with Crippen molar-refractivity contribution in [2.45, 2.75) is 45.1 Å². The van der Waals surface area contributed by atoms with E-state index in [1.54, 1.807) is 0 Å². The fourth-order valence-corrected chi connectivity index (χ4v) is 3.31. The first-order chi connectivity index (χ1) is 13.6. The van der Waals surface area contributed by atoms with Crippen molar-refractivity contribution < 1.29 is 14.7 Å². The molecule has 2 aromatic carbocycles. The summed E-state index contributed by atoms with van der Waals surface area (Å²) in [6, 6.07) is 20.4. The summed E-state index contributed by atoms with van der Waals surface area (Å²) in [4.78, 5) is 7.92. The third kappa shape index (κ3) is 6.44. The van der Waals surface area contributed by atoms with E-state index in [2.05, 4.69) is 34.3 Å². The number of rotatable bonds is 10. The van der Waals surface area contributed by atoms with Crippen molar-refractivity contribution >= 4 is 5.71 Å². The highest BCUT2D eigenvalue weighted by atomic mass is 16.6. The molecule has 0 spiro atoms. The van der Waals surface area contributed by atoms with Gasteiger partial charge in [0.05, 0.1) is 24.5 Å². The van der Waals surface area contributed by atoms with Gasteiger partial charge in [-0.1, -0.05) is 65.8 Å². The Balaban J connectivity index is 1.59. The summed E-state index contributed by atoms with van der Waals surface area (Å²) in [5.74, 6) is 0. The molecule has 2 atom stereocenters. The van der Waals surface area contributed by atoms with Gasteiger partial charge in [0.2, 0.25) is 0 Å². The van der Waals surface area contributed by atoms with E-state index in [1.807, 2.05) is 50.2 Å². The van der Waals surface area contributed by atoms with Crippen LogP contribution in [0.2, 0.25) is 0 Å². The summed E-state index contributed by atoms with van der Waals surface area (Å²) in [7, 11) is 0. The van der Waals surface area contributed by atoms with Crippen LogP contribution in [0.15, 0.2) is 65.8 Å². The van der Waals surface area contributed by atoms with Crippen LogP contribution in [-0.4, -0.2) is 53.7 Å². The van der Waals surface area contributed by atoms with Crippen LogP contribution in [0.25, 0.3) is 0 Å². The van der Waals surface area contributed by atoms with Crippen molar-refractivity contribution in [2.24, 2.45) is 5.16 Å². The Bertz CT molecular complexity index is 734. The normalized spacial score (nSPS) is 17.6. The molecule has 5 nitrogen and oxygen atoms in total. The van der Waals surface area contributed by atoms with Gasteiger partial charge in [0, 0.05) is 26.1 Å². The van der Waals surface area contributed by atoms with Crippen molar-refractivity contribution in [3.05, 3.63) is 71.8 Å². The third-order valence-electron chi connectivity index (χ3n) is 4.64. The molecule has 0 radical (unpaired) electrons. The minimum absolute atomic E-state index is 0.0165. The smallest absolute Gasteiger partial charge is 0.145 e. The number of nitrogens with zero attached hydrogens (tertiary/aromatic N) is 2. The average Bonchev–Trinajstić information content (AvgIpc) is 3.16. The summed E-state index contributed by atoms with van der Waals surface area (Å²) >= 11 is 0.